The highest BCUT2D eigenvalue weighted by atomic mass is 32.2. The van der Waals surface area contributed by atoms with Crippen LogP contribution in [0.4, 0.5) is 5.69 Å². The maximum absolute atomic E-state index is 12.5. The molecular formula is C22H21N3OS. The fraction of sp³-hybridized carbons (Fsp3) is 0.182. The number of para-hydroxylation sites is 1. The smallest absolute Gasteiger partial charge is 0.264 e. The van der Waals surface area contributed by atoms with Gasteiger partial charge in [-0.25, -0.2) is 4.99 Å². The number of aromatic nitrogens is 1. The highest BCUT2D eigenvalue weighted by Gasteiger charge is 2.25. The molecule has 0 saturated carbocycles. The van der Waals surface area contributed by atoms with Gasteiger partial charge in [-0.1, -0.05) is 30.3 Å². The first-order valence-electron chi connectivity index (χ1n) is 8.85. The van der Waals surface area contributed by atoms with E-state index in [9.17, 15) is 4.79 Å². The van der Waals surface area contributed by atoms with Crippen molar-refractivity contribution >= 4 is 45.5 Å². The number of amides is 1. The fourth-order valence-corrected chi connectivity index (χ4v) is 4.13. The van der Waals surface area contributed by atoms with Gasteiger partial charge in [0.1, 0.15) is 0 Å². The van der Waals surface area contributed by atoms with Gasteiger partial charge in [-0.3, -0.25) is 4.79 Å². The lowest BCUT2D eigenvalue weighted by Crippen LogP contribution is -2.19. The summed E-state index contributed by atoms with van der Waals surface area (Å²) in [5, 5.41) is 4.67. The quantitative estimate of drug-likeness (QED) is 0.641. The Morgan fingerprint density at radius 2 is 1.85 bits per heavy atom. The van der Waals surface area contributed by atoms with Crippen LogP contribution in [0.25, 0.3) is 17.0 Å². The van der Waals surface area contributed by atoms with E-state index in [2.05, 4.69) is 54.0 Å². The van der Waals surface area contributed by atoms with E-state index >= 15 is 0 Å². The molecule has 27 heavy (non-hydrogen) atoms. The predicted molar refractivity (Wildman–Crippen MR) is 114 cm³/mol. The number of hydrogen-bond donors (Lipinski definition) is 1. The van der Waals surface area contributed by atoms with Gasteiger partial charge < -0.3 is 9.88 Å². The summed E-state index contributed by atoms with van der Waals surface area (Å²) in [4.78, 5) is 17.8. The lowest BCUT2D eigenvalue weighted by atomic mass is 10.1. The van der Waals surface area contributed by atoms with Gasteiger partial charge in [-0.2, -0.15) is 0 Å². The van der Waals surface area contributed by atoms with Crippen LogP contribution >= 0.6 is 11.8 Å². The Hall–Kier alpha value is -2.79. The molecule has 0 bridgehead atoms. The fourth-order valence-electron chi connectivity index (χ4n) is 3.31. The van der Waals surface area contributed by atoms with Gasteiger partial charge in [0.25, 0.3) is 5.91 Å². The number of rotatable bonds is 2. The number of benzene rings is 2. The van der Waals surface area contributed by atoms with E-state index in [1.165, 1.54) is 17.3 Å². The van der Waals surface area contributed by atoms with Crippen LogP contribution < -0.4 is 5.32 Å². The third-order valence-corrected chi connectivity index (χ3v) is 6.08. The Morgan fingerprint density at radius 1 is 1.07 bits per heavy atom. The Kier molecular flexibility index (Phi) is 4.40. The minimum Gasteiger partial charge on any atom is -0.347 e. The van der Waals surface area contributed by atoms with Gasteiger partial charge in [0, 0.05) is 29.2 Å². The molecule has 1 fully saturated rings. The molecule has 2 aromatic carbocycles. The van der Waals surface area contributed by atoms with E-state index < -0.39 is 0 Å². The zero-order valence-electron chi connectivity index (χ0n) is 15.8. The predicted octanol–water partition coefficient (Wildman–Crippen LogP) is 5.00. The zero-order chi connectivity index (χ0) is 19.1. The zero-order valence-corrected chi connectivity index (χ0v) is 16.6. The third-order valence-electron chi connectivity index (χ3n) is 5.17. The number of fused-ring (bicyclic) bond motifs is 1. The monoisotopic (exact) mass is 375 g/mol. The summed E-state index contributed by atoms with van der Waals surface area (Å²) in [7, 11) is 2.05. The summed E-state index contributed by atoms with van der Waals surface area (Å²) in [6.45, 7) is 6.19. The van der Waals surface area contributed by atoms with Crippen LogP contribution in [0.5, 0.6) is 0 Å². The van der Waals surface area contributed by atoms with Crippen molar-refractivity contribution in [1.82, 2.24) is 9.88 Å². The molecule has 0 unspecified atom stereocenters. The molecule has 4 nitrogen and oxygen atoms in total. The number of hydrogen-bond acceptors (Lipinski definition) is 3. The Balaban J connectivity index is 1.73. The molecule has 1 aromatic heterocycles. The summed E-state index contributed by atoms with van der Waals surface area (Å²) in [5.74, 6) is -0.101. The van der Waals surface area contributed by atoms with Crippen molar-refractivity contribution in [2.75, 3.05) is 0 Å². The second-order valence-electron chi connectivity index (χ2n) is 6.78. The largest absolute Gasteiger partial charge is 0.347 e. The molecule has 1 amide bonds. The van der Waals surface area contributed by atoms with Crippen molar-refractivity contribution in [3.63, 3.8) is 0 Å². The van der Waals surface area contributed by atoms with E-state index in [1.54, 1.807) is 0 Å². The lowest BCUT2D eigenvalue weighted by molar-refractivity contribution is -0.115. The Bertz CT molecular complexity index is 1140. The van der Waals surface area contributed by atoms with Crippen LogP contribution in [0.2, 0.25) is 0 Å². The third kappa shape index (κ3) is 3.08. The average Bonchev–Trinajstić information content (AvgIpc) is 3.12. The van der Waals surface area contributed by atoms with Crippen LogP contribution in [0, 0.1) is 20.8 Å². The first kappa shape index (κ1) is 17.6. The van der Waals surface area contributed by atoms with Gasteiger partial charge in [0.05, 0.1) is 10.6 Å². The molecule has 1 saturated heterocycles. The molecule has 0 spiro atoms. The second kappa shape index (κ2) is 6.74. The number of aryl methyl sites for hydroxylation is 2. The van der Waals surface area contributed by atoms with E-state index in [0.717, 1.165) is 33.4 Å². The van der Waals surface area contributed by atoms with Crippen LogP contribution in [-0.4, -0.2) is 15.6 Å². The van der Waals surface area contributed by atoms with Gasteiger partial charge >= 0.3 is 0 Å². The van der Waals surface area contributed by atoms with E-state index in [4.69, 9.17) is 0 Å². The molecular weight excluding hydrogens is 354 g/mol. The molecule has 3 aromatic rings. The van der Waals surface area contributed by atoms with Gasteiger partial charge in [0.2, 0.25) is 0 Å². The standard InChI is InChI=1S/C22H21N3OS/c1-13-8-7-10-18(14(13)2)23-22-24-21(26)20(27-22)12-17-15(3)25(4)19-11-6-5-9-16(17)19/h5-12H,1-4H3,(H,23,24,26)/b20-12-. The van der Waals surface area contributed by atoms with Crippen molar-refractivity contribution in [1.29, 1.82) is 0 Å². The molecule has 5 heteroatoms. The number of thioether (sulfide) groups is 1. The lowest BCUT2D eigenvalue weighted by Gasteiger charge is -2.04. The minimum absolute atomic E-state index is 0.101. The van der Waals surface area contributed by atoms with Gasteiger partial charge in [0.15, 0.2) is 5.17 Å². The van der Waals surface area contributed by atoms with Crippen LogP contribution in [0.1, 0.15) is 22.4 Å². The Labute approximate surface area is 163 Å². The summed E-state index contributed by atoms with van der Waals surface area (Å²) in [6, 6.07) is 14.3. The summed E-state index contributed by atoms with van der Waals surface area (Å²) in [5.41, 5.74) is 6.58. The molecule has 2 heterocycles. The maximum Gasteiger partial charge on any atom is 0.264 e. The number of nitrogens with one attached hydrogen (secondary N) is 1. The van der Waals surface area contributed by atoms with Crippen molar-refractivity contribution < 1.29 is 4.79 Å². The molecule has 1 aliphatic rings. The minimum atomic E-state index is -0.101. The number of aliphatic imine (C=N–C) groups is 1. The van der Waals surface area contributed by atoms with Crippen molar-refractivity contribution in [3.8, 4) is 0 Å². The number of carbonyl (C=O) groups excluding carboxylic acids is 1. The SMILES string of the molecule is Cc1cccc(N=C2NC(=O)/C(=C/c3c(C)n(C)c4ccccc34)S2)c1C. The Morgan fingerprint density at radius 3 is 2.67 bits per heavy atom. The van der Waals surface area contributed by atoms with Crippen LogP contribution in [0.15, 0.2) is 52.4 Å². The number of carbonyl (C=O) groups is 1. The molecule has 136 valence electrons. The van der Waals surface area contributed by atoms with Crippen molar-refractivity contribution in [2.24, 2.45) is 12.0 Å². The van der Waals surface area contributed by atoms with Crippen LogP contribution in [-0.2, 0) is 11.8 Å². The molecule has 0 atom stereocenters. The van der Waals surface area contributed by atoms with Crippen LogP contribution in [0.3, 0.4) is 0 Å². The molecule has 1 N–H and O–H groups in total. The molecule has 1 aliphatic heterocycles. The first-order chi connectivity index (χ1) is 13.0. The number of amidine groups is 1. The number of nitrogens with zero attached hydrogens (tertiary/aromatic N) is 2. The summed E-state index contributed by atoms with van der Waals surface area (Å²) >= 11 is 1.39. The van der Waals surface area contributed by atoms with Gasteiger partial charge in [-0.15, -0.1) is 0 Å². The highest BCUT2D eigenvalue weighted by molar-refractivity contribution is 8.18. The highest BCUT2D eigenvalue weighted by Crippen LogP contribution is 2.33. The van der Waals surface area contributed by atoms with Crippen molar-refractivity contribution in [2.45, 2.75) is 20.8 Å². The average molecular weight is 375 g/mol. The summed E-state index contributed by atoms with van der Waals surface area (Å²) < 4.78 is 2.16. The topological polar surface area (TPSA) is 46.4 Å². The van der Waals surface area contributed by atoms with Crippen molar-refractivity contribution in [3.05, 3.63) is 69.8 Å². The second-order valence-corrected chi connectivity index (χ2v) is 7.81. The van der Waals surface area contributed by atoms with Gasteiger partial charge in [-0.05, 0) is 61.9 Å². The van der Waals surface area contributed by atoms with E-state index in [1.807, 2.05) is 37.3 Å². The molecule has 0 radical (unpaired) electrons. The maximum atomic E-state index is 12.5. The van der Waals surface area contributed by atoms with E-state index in [0.29, 0.717) is 10.1 Å². The molecule has 0 aliphatic carbocycles. The summed E-state index contributed by atoms with van der Waals surface area (Å²) in [6.07, 6.45) is 1.98. The normalized spacial score (nSPS) is 17.3. The molecule has 4 rings (SSSR count). The van der Waals surface area contributed by atoms with E-state index in [-0.39, 0.29) is 5.91 Å². The first-order valence-corrected chi connectivity index (χ1v) is 9.67.